The first kappa shape index (κ1) is 10.9. The number of rotatable bonds is 4. The van der Waals surface area contributed by atoms with Gasteiger partial charge in [-0.3, -0.25) is 0 Å². The van der Waals surface area contributed by atoms with Gasteiger partial charge in [0.25, 0.3) is 0 Å². The number of benzene rings is 1. The summed E-state index contributed by atoms with van der Waals surface area (Å²) in [6, 6.07) is 4.25. The van der Waals surface area contributed by atoms with E-state index in [0.717, 1.165) is 50.2 Å². The Labute approximate surface area is 102 Å². The Kier molecular flexibility index (Phi) is 2.51. The quantitative estimate of drug-likeness (QED) is 0.865. The number of methoxy groups -OCH3 is 1. The van der Waals surface area contributed by atoms with Gasteiger partial charge in [0, 0.05) is 17.5 Å². The van der Waals surface area contributed by atoms with Gasteiger partial charge in [-0.2, -0.15) is 0 Å². The molecule has 0 radical (unpaired) electrons. The Hall–Kier alpha value is -1.22. The van der Waals surface area contributed by atoms with Crippen LogP contribution in [0.25, 0.3) is 0 Å². The Morgan fingerprint density at radius 1 is 1.41 bits per heavy atom. The molecule has 1 aromatic carbocycles. The predicted molar refractivity (Wildman–Crippen MR) is 66.7 cm³/mol. The van der Waals surface area contributed by atoms with Crippen molar-refractivity contribution in [3.05, 3.63) is 23.3 Å². The van der Waals surface area contributed by atoms with Gasteiger partial charge in [-0.1, -0.05) is 0 Å². The van der Waals surface area contributed by atoms with Crippen LogP contribution in [-0.2, 0) is 12.8 Å². The van der Waals surface area contributed by atoms with Crippen LogP contribution in [0, 0.1) is 0 Å². The highest BCUT2D eigenvalue weighted by molar-refractivity contribution is 5.48. The van der Waals surface area contributed by atoms with Gasteiger partial charge in [-0.15, -0.1) is 0 Å². The van der Waals surface area contributed by atoms with Crippen molar-refractivity contribution >= 4 is 0 Å². The zero-order valence-corrected chi connectivity index (χ0v) is 10.3. The maximum Gasteiger partial charge on any atom is 0.123 e. The summed E-state index contributed by atoms with van der Waals surface area (Å²) in [7, 11) is 1.73. The Bertz CT molecular complexity index is 438. The van der Waals surface area contributed by atoms with Crippen molar-refractivity contribution < 1.29 is 9.47 Å². The number of aryl methyl sites for hydroxylation is 1. The molecule has 3 nitrogen and oxygen atoms in total. The van der Waals surface area contributed by atoms with Gasteiger partial charge in [0.2, 0.25) is 0 Å². The van der Waals surface area contributed by atoms with E-state index in [2.05, 4.69) is 12.1 Å². The molecule has 1 aliphatic carbocycles. The molecule has 0 saturated heterocycles. The van der Waals surface area contributed by atoms with Crippen molar-refractivity contribution in [1.29, 1.82) is 0 Å². The van der Waals surface area contributed by atoms with Gasteiger partial charge < -0.3 is 15.2 Å². The molecule has 2 N–H and O–H groups in total. The van der Waals surface area contributed by atoms with E-state index in [1.165, 1.54) is 11.1 Å². The van der Waals surface area contributed by atoms with Crippen LogP contribution >= 0.6 is 0 Å². The predicted octanol–water partition coefficient (Wildman–Crippen LogP) is 2.05. The van der Waals surface area contributed by atoms with E-state index in [9.17, 15) is 0 Å². The Morgan fingerprint density at radius 2 is 2.24 bits per heavy atom. The summed E-state index contributed by atoms with van der Waals surface area (Å²) >= 11 is 0. The van der Waals surface area contributed by atoms with E-state index in [-0.39, 0.29) is 5.54 Å². The molecule has 0 amide bonds. The summed E-state index contributed by atoms with van der Waals surface area (Å²) in [6.07, 6.45) is 5.35. The van der Waals surface area contributed by atoms with Crippen LogP contribution < -0.4 is 15.2 Å². The second kappa shape index (κ2) is 3.91. The van der Waals surface area contributed by atoms with Gasteiger partial charge in [-0.05, 0) is 43.4 Å². The van der Waals surface area contributed by atoms with Crippen LogP contribution in [0.4, 0.5) is 0 Å². The molecule has 1 heterocycles. The standard InChI is InChI=1S/C14H19NO2/c1-16-12-8-11-3-7-17-13(11)9-10(12)2-4-14(15)5-6-14/h8-9H,2-7,15H2,1H3. The summed E-state index contributed by atoms with van der Waals surface area (Å²) < 4.78 is 11.1. The fourth-order valence-electron chi connectivity index (χ4n) is 2.42. The third-order valence-electron chi connectivity index (χ3n) is 3.88. The number of hydrogen-bond acceptors (Lipinski definition) is 3. The lowest BCUT2D eigenvalue weighted by atomic mass is 10.0. The molecule has 2 aliphatic rings. The van der Waals surface area contributed by atoms with E-state index in [0.29, 0.717) is 0 Å². The van der Waals surface area contributed by atoms with Crippen molar-refractivity contribution in [2.45, 2.75) is 37.6 Å². The molecule has 17 heavy (non-hydrogen) atoms. The van der Waals surface area contributed by atoms with E-state index < -0.39 is 0 Å². The van der Waals surface area contributed by atoms with Crippen LogP contribution in [0.3, 0.4) is 0 Å². The zero-order chi connectivity index (χ0) is 11.9. The lowest BCUT2D eigenvalue weighted by Gasteiger charge is -2.13. The normalized spacial score (nSPS) is 19.6. The van der Waals surface area contributed by atoms with Gasteiger partial charge in [0.05, 0.1) is 13.7 Å². The molecule has 0 atom stereocenters. The first-order valence-electron chi connectivity index (χ1n) is 6.32. The van der Waals surface area contributed by atoms with E-state index in [1.807, 2.05) is 0 Å². The second-order valence-electron chi connectivity index (χ2n) is 5.23. The third kappa shape index (κ3) is 2.12. The summed E-state index contributed by atoms with van der Waals surface area (Å²) in [6.45, 7) is 0.794. The fourth-order valence-corrected chi connectivity index (χ4v) is 2.42. The lowest BCUT2D eigenvalue weighted by molar-refractivity contribution is 0.355. The summed E-state index contributed by atoms with van der Waals surface area (Å²) in [5, 5.41) is 0. The number of fused-ring (bicyclic) bond motifs is 1. The average molecular weight is 233 g/mol. The lowest BCUT2D eigenvalue weighted by Crippen LogP contribution is -2.22. The highest BCUT2D eigenvalue weighted by Gasteiger charge is 2.37. The van der Waals surface area contributed by atoms with Crippen molar-refractivity contribution in [2.24, 2.45) is 5.73 Å². The molecule has 1 fully saturated rings. The van der Waals surface area contributed by atoms with E-state index in [1.54, 1.807) is 7.11 Å². The molecule has 0 bridgehead atoms. The zero-order valence-electron chi connectivity index (χ0n) is 10.3. The first-order chi connectivity index (χ1) is 8.20. The van der Waals surface area contributed by atoms with Crippen LogP contribution in [-0.4, -0.2) is 19.3 Å². The van der Waals surface area contributed by atoms with Gasteiger partial charge in [0.1, 0.15) is 11.5 Å². The molecule has 3 rings (SSSR count). The molecule has 1 aromatic rings. The topological polar surface area (TPSA) is 44.5 Å². The highest BCUT2D eigenvalue weighted by Crippen LogP contribution is 2.39. The van der Waals surface area contributed by atoms with Crippen molar-refractivity contribution in [2.75, 3.05) is 13.7 Å². The molecule has 0 aromatic heterocycles. The first-order valence-corrected chi connectivity index (χ1v) is 6.32. The third-order valence-corrected chi connectivity index (χ3v) is 3.88. The largest absolute Gasteiger partial charge is 0.496 e. The molecule has 0 unspecified atom stereocenters. The van der Waals surface area contributed by atoms with Gasteiger partial charge in [0.15, 0.2) is 0 Å². The molecular formula is C14H19NO2. The van der Waals surface area contributed by atoms with E-state index >= 15 is 0 Å². The monoisotopic (exact) mass is 233 g/mol. The molecule has 3 heteroatoms. The minimum Gasteiger partial charge on any atom is -0.496 e. The second-order valence-corrected chi connectivity index (χ2v) is 5.23. The molecular weight excluding hydrogens is 214 g/mol. The number of hydrogen-bond donors (Lipinski definition) is 1. The average Bonchev–Trinajstić information content (AvgIpc) is 2.91. The summed E-state index contributed by atoms with van der Waals surface area (Å²) in [5.74, 6) is 2.01. The molecule has 1 aliphatic heterocycles. The molecule has 92 valence electrons. The smallest absolute Gasteiger partial charge is 0.123 e. The van der Waals surface area contributed by atoms with Gasteiger partial charge in [-0.25, -0.2) is 0 Å². The summed E-state index contributed by atoms with van der Waals surface area (Å²) in [5.41, 5.74) is 8.72. The summed E-state index contributed by atoms with van der Waals surface area (Å²) in [4.78, 5) is 0. The highest BCUT2D eigenvalue weighted by atomic mass is 16.5. The minimum absolute atomic E-state index is 0.102. The van der Waals surface area contributed by atoms with Crippen LogP contribution in [0.5, 0.6) is 11.5 Å². The Morgan fingerprint density at radius 3 is 2.94 bits per heavy atom. The van der Waals surface area contributed by atoms with Crippen LogP contribution in [0.2, 0.25) is 0 Å². The van der Waals surface area contributed by atoms with Crippen molar-refractivity contribution in [3.8, 4) is 11.5 Å². The SMILES string of the molecule is COc1cc2c(cc1CCC1(N)CC1)OCC2. The molecule has 1 saturated carbocycles. The number of nitrogens with two attached hydrogens (primary N) is 1. The van der Waals surface area contributed by atoms with Crippen molar-refractivity contribution in [3.63, 3.8) is 0 Å². The maximum atomic E-state index is 6.13. The Balaban J connectivity index is 1.81. The minimum atomic E-state index is 0.102. The maximum absolute atomic E-state index is 6.13. The van der Waals surface area contributed by atoms with Crippen molar-refractivity contribution in [1.82, 2.24) is 0 Å². The van der Waals surface area contributed by atoms with E-state index in [4.69, 9.17) is 15.2 Å². The fraction of sp³-hybridized carbons (Fsp3) is 0.571. The van der Waals surface area contributed by atoms with Crippen LogP contribution in [0.1, 0.15) is 30.4 Å². The molecule has 0 spiro atoms. The van der Waals surface area contributed by atoms with Gasteiger partial charge >= 0.3 is 0 Å². The van der Waals surface area contributed by atoms with Crippen LogP contribution in [0.15, 0.2) is 12.1 Å². The number of ether oxygens (including phenoxy) is 2.